The van der Waals surface area contributed by atoms with E-state index in [-0.39, 0.29) is 4.90 Å². The summed E-state index contributed by atoms with van der Waals surface area (Å²) in [6.07, 6.45) is 0. The fourth-order valence-electron chi connectivity index (χ4n) is 1.96. The van der Waals surface area contributed by atoms with Crippen LogP contribution in [-0.2, 0) is 16.6 Å². The first kappa shape index (κ1) is 15.5. The zero-order chi connectivity index (χ0) is 15.3. The van der Waals surface area contributed by atoms with E-state index in [1.54, 1.807) is 30.3 Å². The van der Waals surface area contributed by atoms with Crippen molar-refractivity contribution in [3.8, 4) is 0 Å². The number of anilines is 1. The van der Waals surface area contributed by atoms with E-state index in [4.69, 9.17) is 0 Å². The summed E-state index contributed by atoms with van der Waals surface area (Å²) in [4.78, 5) is 4.44. The smallest absolute Gasteiger partial charge is 0.263 e. The van der Waals surface area contributed by atoms with Gasteiger partial charge in [0.1, 0.15) is 5.82 Å². The van der Waals surface area contributed by atoms with E-state index in [1.165, 1.54) is 0 Å². The van der Waals surface area contributed by atoms with E-state index in [2.05, 4.69) is 15.0 Å². The Hall–Kier alpha value is -1.92. The molecule has 112 valence electrons. The second kappa shape index (κ2) is 6.69. The average Bonchev–Trinajstić information content (AvgIpc) is 2.45. The number of aryl methyl sites for hydroxylation is 1. The van der Waals surface area contributed by atoms with Gasteiger partial charge in [-0.1, -0.05) is 31.2 Å². The number of rotatable bonds is 6. The molecule has 2 rings (SSSR count). The van der Waals surface area contributed by atoms with Gasteiger partial charge in [-0.05, 0) is 37.2 Å². The van der Waals surface area contributed by atoms with Gasteiger partial charge in [-0.3, -0.25) is 4.72 Å². The van der Waals surface area contributed by atoms with Crippen LogP contribution in [0, 0.1) is 6.92 Å². The zero-order valence-corrected chi connectivity index (χ0v) is 12.9. The molecule has 0 amide bonds. The number of sulfonamides is 1. The lowest BCUT2D eigenvalue weighted by molar-refractivity contribution is 0.598. The quantitative estimate of drug-likeness (QED) is 0.859. The van der Waals surface area contributed by atoms with Crippen molar-refractivity contribution in [3.63, 3.8) is 0 Å². The van der Waals surface area contributed by atoms with Crippen molar-refractivity contribution >= 4 is 15.8 Å². The van der Waals surface area contributed by atoms with Crippen LogP contribution < -0.4 is 10.0 Å². The van der Waals surface area contributed by atoms with E-state index >= 15 is 0 Å². The van der Waals surface area contributed by atoms with Gasteiger partial charge in [0.25, 0.3) is 10.0 Å². The molecule has 2 aromatic rings. The predicted octanol–water partition coefficient (Wildman–Crippen LogP) is 2.30. The first-order chi connectivity index (χ1) is 10.0. The molecule has 0 saturated carbocycles. The molecule has 1 aromatic carbocycles. The van der Waals surface area contributed by atoms with Crippen LogP contribution in [0.25, 0.3) is 0 Å². The SMILES string of the molecule is CCNCc1ccccc1S(=O)(=O)Nc1cccc(C)n1. The van der Waals surface area contributed by atoms with Crippen LogP contribution in [0.15, 0.2) is 47.4 Å². The molecule has 0 radical (unpaired) electrons. The molecule has 1 aromatic heterocycles. The molecule has 0 atom stereocenters. The van der Waals surface area contributed by atoms with Gasteiger partial charge in [-0.25, -0.2) is 13.4 Å². The largest absolute Gasteiger partial charge is 0.313 e. The van der Waals surface area contributed by atoms with Crippen LogP contribution in [0.4, 0.5) is 5.82 Å². The zero-order valence-electron chi connectivity index (χ0n) is 12.1. The third-order valence-corrected chi connectivity index (χ3v) is 4.41. The molecule has 2 N–H and O–H groups in total. The van der Waals surface area contributed by atoms with Gasteiger partial charge in [-0.15, -0.1) is 0 Å². The fraction of sp³-hybridized carbons (Fsp3) is 0.267. The summed E-state index contributed by atoms with van der Waals surface area (Å²) in [5.74, 6) is 0.327. The summed E-state index contributed by atoms with van der Waals surface area (Å²) in [7, 11) is -3.64. The topological polar surface area (TPSA) is 71.1 Å². The Kier molecular flexibility index (Phi) is 4.93. The molecule has 0 unspecified atom stereocenters. The minimum absolute atomic E-state index is 0.272. The van der Waals surface area contributed by atoms with Crippen LogP contribution in [-0.4, -0.2) is 19.9 Å². The van der Waals surface area contributed by atoms with Gasteiger partial charge >= 0.3 is 0 Å². The lowest BCUT2D eigenvalue weighted by Crippen LogP contribution is -2.19. The minimum Gasteiger partial charge on any atom is -0.313 e. The molecule has 0 aliphatic carbocycles. The number of hydrogen-bond acceptors (Lipinski definition) is 4. The standard InChI is InChI=1S/C15H19N3O2S/c1-3-16-11-13-8-4-5-9-14(13)21(19,20)18-15-10-6-7-12(2)17-15/h4-10,16H,3,11H2,1-2H3,(H,17,18). The van der Waals surface area contributed by atoms with Crippen molar-refractivity contribution in [2.24, 2.45) is 0 Å². The summed E-state index contributed by atoms with van der Waals surface area (Å²) < 4.78 is 27.6. The third-order valence-electron chi connectivity index (χ3n) is 2.95. The Balaban J connectivity index is 2.31. The Bertz CT molecular complexity index is 714. The van der Waals surface area contributed by atoms with Gasteiger partial charge in [0, 0.05) is 12.2 Å². The van der Waals surface area contributed by atoms with Gasteiger partial charge in [0.15, 0.2) is 0 Å². The minimum atomic E-state index is -3.64. The molecule has 0 aliphatic heterocycles. The normalized spacial score (nSPS) is 11.3. The van der Waals surface area contributed by atoms with Gasteiger partial charge < -0.3 is 5.32 Å². The Labute approximate surface area is 125 Å². The molecule has 21 heavy (non-hydrogen) atoms. The number of benzene rings is 1. The van der Waals surface area contributed by atoms with Crippen LogP contribution in [0.2, 0.25) is 0 Å². The summed E-state index contributed by atoms with van der Waals surface area (Å²) in [6, 6.07) is 12.2. The van der Waals surface area contributed by atoms with E-state index in [0.717, 1.165) is 17.8 Å². The number of pyridine rings is 1. The van der Waals surface area contributed by atoms with Crippen LogP contribution in [0.5, 0.6) is 0 Å². The first-order valence-corrected chi connectivity index (χ1v) is 8.26. The summed E-state index contributed by atoms with van der Waals surface area (Å²) in [5, 5.41) is 3.14. The van der Waals surface area contributed by atoms with Crippen molar-refractivity contribution in [2.75, 3.05) is 11.3 Å². The number of nitrogens with one attached hydrogen (secondary N) is 2. The maximum atomic E-state index is 12.5. The Morgan fingerprint density at radius 1 is 1.10 bits per heavy atom. The highest BCUT2D eigenvalue weighted by atomic mass is 32.2. The third kappa shape index (κ3) is 4.03. The summed E-state index contributed by atoms with van der Waals surface area (Å²) >= 11 is 0. The van der Waals surface area contributed by atoms with Crippen LogP contribution >= 0.6 is 0 Å². The van der Waals surface area contributed by atoms with E-state index < -0.39 is 10.0 Å². The van der Waals surface area contributed by atoms with Crippen molar-refractivity contribution in [1.82, 2.24) is 10.3 Å². The maximum Gasteiger partial charge on any atom is 0.263 e. The molecule has 0 bridgehead atoms. The molecular weight excluding hydrogens is 286 g/mol. The molecule has 0 spiro atoms. The summed E-state index contributed by atoms with van der Waals surface area (Å²) in [5.41, 5.74) is 1.50. The van der Waals surface area contributed by atoms with E-state index in [9.17, 15) is 8.42 Å². The van der Waals surface area contributed by atoms with E-state index in [1.807, 2.05) is 26.0 Å². The molecule has 5 nitrogen and oxygen atoms in total. The highest BCUT2D eigenvalue weighted by molar-refractivity contribution is 7.92. The highest BCUT2D eigenvalue weighted by Gasteiger charge is 2.18. The lowest BCUT2D eigenvalue weighted by Gasteiger charge is -2.12. The lowest BCUT2D eigenvalue weighted by atomic mass is 10.2. The summed E-state index contributed by atoms with van der Waals surface area (Å²) in [6.45, 7) is 5.08. The number of hydrogen-bond donors (Lipinski definition) is 2. The predicted molar refractivity (Wildman–Crippen MR) is 83.6 cm³/mol. The monoisotopic (exact) mass is 305 g/mol. The molecule has 1 heterocycles. The van der Waals surface area contributed by atoms with E-state index in [0.29, 0.717) is 12.4 Å². The van der Waals surface area contributed by atoms with Crippen molar-refractivity contribution in [3.05, 3.63) is 53.7 Å². The highest BCUT2D eigenvalue weighted by Crippen LogP contribution is 2.18. The maximum absolute atomic E-state index is 12.5. The fourth-order valence-corrected chi connectivity index (χ4v) is 3.21. The molecule has 6 heteroatoms. The Morgan fingerprint density at radius 2 is 1.86 bits per heavy atom. The first-order valence-electron chi connectivity index (χ1n) is 6.78. The van der Waals surface area contributed by atoms with Crippen LogP contribution in [0.1, 0.15) is 18.2 Å². The van der Waals surface area contributed by atoms with Gasteiger partial charge in [0.05, 0.1) is 4.90 Å². The van der Waals surface area contributed by atoms with Gasteiger partial charge in [-0.2, -0.15) is 0 Å². The average molecular weight is 305 g/mol. The van der Waals surface area contributed by atoms with Crippen molar-refractivity contribution in [1.29, 1.82) is 0 Å². The Morgan fingerprint density at radius 3 is 2.57 bits per heavy atom. The molecule has 0 aliphatic rings. The second-order valence-corrected chi connectivity index (χ2v) is 6.31. The molecule has 0 fully saturated rings. The second-order valence-electron chi connectivity index (χ2n) is 4.66. The number of nitrogens with zero attached hydrogens (tertiary/aromatic N) is 1. The van der Waals surface area contributed by atoms with Crippen LogP contribution in [0.3, 0.4) is 0 Å². The van der Waals surface area contributed by atoms with Crippen molar-refractivity contribution in [2.45, 2.75) is 25.3 Å². The number of aromatic nitrogens is 1. The van der Waals surface area contributed by atoms with Crippen molar-refractivity contribution < 1.29 is 8.42 Å². The molecule has 0 saturated heterocycles. The van der Waals surface area contributed by atoms with Gasteiger partial charge in [0.2, 0.25) is 0 Å². The molecular formula is C15H19N3O2S.